The number of carboxylic acid groups (broad SMARTS) is 2. The molecular weight excluding hydrogens is 492 g/mol. The predicted molar refractivity (Wildman–Crippen MR) is 137 cm³/mol. The summed E-state index contributed by atoms with van der Waals surface area (Å²) in [5, 5.41) is 14.8. The molecule has 38 heavy (non-hydrogen) atoms. The fraction of sp³-hybridized carbons (Fsp3) is 0.679. The molecule has 0 amide bonds. The lowest BCUT2D eigenvalue weighted by Crippen LogP contribution is -2.58. The van der Waals surface area contributed by atoms with E-state index in [9.17, 15) is 4.79 Å². The van der Waals surface area contributed by atoms with Gasteiger partial charge in [-0.25, -0.2) is 9.59 Å². The first-order chi connectivity index (χ1) is 18.1. The molecule has 5 aliphatic rings. The van der Waals surface area contributed by atoms with Gasteiger partial charge in [-0.1, -0.05) is 6.92 Å². The van der Waals surface area contributed by atoms with E-state index < -0.39 is 11.9 Å². The molecule has 0 aromatic heterocycles. The lowest BCUT2D eigenvalue weighted by Gasteiger charge is -2.50. The van der Waals surface area contributed by atoms with E-state index in [0.717, 1.165) is 57.7 Å². The van der Waals surface area contributed by atoms with E-state index in [1.54, 1.807) is 7.11 Å². The number of fused-ring (bicyclic) bond motifs is 1. The molecule has 1 unspecified atom stereocenters. The molecule has 208 valence electrons. The fourth-order valence-electron chi connectivity index (χ4n) is 7.52. The van der Waals surface area contributed by atoms with Crippen LogP contribution in [0.2, 0.25) is 0 Å². The molecule has 1 aromatic carbocycles. The van der Waals surface area contributed by atoms with E-state index in [0.29, 0.717) is 17.8 Å². The number of carbonyl (C=O) groups is 3. The highest BCUT2D eigenvalue weighted by Crippen LogP contribution is 2.66. The van der Waals surface area contributed by atoms with Crippen LogP contribution in [0.3, 0.4) is 0 Å². The van der Waals surface area contributed by atoms with Gasteiger partial charge >= 0.3 is 17.9 Å². The molecule has 10 nitrogen and oxygen atoms in total. The minimum Gasteiger partial charge on any atom is -0.497 e. The molecule has 2 saturated carbocycles. The summed E-state index contributed by atoms with van der Waals surface area (Å²) in [4.78, 5) is 36.4. The van der Waals surface area contributed by atoms with Crippen molar-refractivity contribution in [2.45, 2.75) is 56.8 Å². The molecule has 1 spiro atoms. The smallest absolute Gasteiger partial charge is 0.414 e. The largest absolute Gasteiger partial charge is 0.497 e. The van der Waals surface area contributed by atoms with E-state index >= 15 is 0 Å². The third kappa shape index (κ3) is 4.62. The van der Waals surface area contributed by atoms with Gasteiger partial charge in [0.15, 0.2) is 0 Å². The van der Waals surface area contributed by atoms with Gasteiger partial charge in [-0.2, -0.15) is 0 Å². The van der Waals surface area contributed by atoms with Crippen molar-refractivity contribution in [3.8, 4) is 5.75 Å². The van der Waals surface area contributed by atoms with Crippen molar-refractivity contribution in [1.29, 1.82) is 0 Å². The Kier molecular flexibility index (Phi) is 7.06. The van der Waals surface area contributed by atoms with Crippen molar-refractivity contribution >= 4 is 23.6 Å². The van der Waals surface area contributed by atoms with Crippen molar-refractivity contribution in [2.75, 3.05) is 44.7 Å². The van der Waals surface area contributed by atoms with Crippen molar-refractivity contribution in [1.82, 2.24) is 4.90 Å². The number of carbonyl (C=O) groups excluding carboxylic acids is 1. The van der Waals surface area contributed by atoms with Crippen LogP contribution in [0.5, 0.6) is 5.75 Å². The molecule has 6 rings (SSSR count). The number of aliphatic carboxylic acids is 2. The molecule has 3 heterocycles. The number of hydrogen-bond donors (Lipinski definition) is 2. The number of ether oxygens (including phenoxy) is 3. The Bertz CT molecular complexity index is 1060. The molecule has 1 aromatic rings. The number of epoxide rings is 1. The van der Waals surface area contributed by atoms with Gasteiger partial charge in [0, 0.05) is 50.2 Å². The lowest BCUT2D eigenvalue weighted by molar-refractivity contribution is -0.168. The molecule has 3 aliphatic heterocycles. The number of hydrogen-bond acceptors (Lipinski definition) is 8. The maximum absolute atomic E-state index is 13.3. The Morgan fingerprint density at radius 2 is 1.68 bits per heavy atom. The van der Waals surface area contributed by atoms with Crippen LogP contribution in [0.4, 0.5) is 5.69 Å². The average Bonchev–Trinajstić information content (AvgIpc) is 3.54. The summed E-state index contributed by atoms with van der Waals surface area (Å²) >= 11 is 0. The topological polar surface area (TPSA) is 129 Å². The second kappa shape index (κ2) is 10.0. The van der Waals surface area contributed by atoms with E-state index in [2.05, 4.69) is 35.8 Å². The highest BCUT2D eigenvalue weighted by Gasteiger charge is 2.77. The van der Waals surface area contributed by atoms with E-state index in [1.807, 2.05) is 12.1 Å². The highest BCUT2D eigenvalue weighted by atomic mass is 16.7. The van der Waals surface area contributed by atoms with Crippen LogP contribution in [0.15, 0.2) is 24.3 Å². The molecule has 3 saturated heterocycles. The minimum atomic E-state index is -1.82. The van der Waals surface area contributed by atoms with Gasteiger partial charge in [0.2, 0.25) is 0 Å². The third-order valence-corrected chi connectivity index (χ3v) is 9.54. The van der Waals surface area contributed by atoms with Crippen LogP contribution in [0, 0.1) is 23.7 Å². The monoisotopic (exact) mass is 530 g/mol. The molecule has 7 atom stereocenters. The highest BCUT2D eigenvalue weighted by molar-refractivity contribution is 6.27. The molecule has 0 bridgehead atoms. The number of carboxylic acids is 2. The summed E-state index contributed by atoms with van der Waals surface area (Å²) in [7, 11) is 1.70. The number of methoxy groups -OCH3 is 1. The number of piperazine rings is 1. The first kappa shape index (κ1) is 26.7. The number of benzene rings is 1. The number of esters is 1. The van der Waals surface area contributed by atoms with E-state index in [-0.39, 0.29) is 29.2 Å². The summed E-state index contributed by atoms with van der Waals surface area (Å²) in [5.74, 6) is -1.36. The lowest BCUT2D eigenvalue weighted by atomic mass is 9.55. The van der Waals surface area contributed by atoms with Gasteiger partial charge in [-0.3, -0.25) is 9.69 Å². The fourth-order valence-corrected chi connectivity index (χ4v) is 7.52. The molecule has 0 radical (unpaired) electrons. The summed E-state index contributed by atoms with van der Waals surface area (Å²) < 4.78 is 17.9. The summed E-state index contributed by atoms with van der Waals surface area (Å²) in [6.07, 6.45) is 4.65. The number of nitrogens with zero attached hydrogens (tertiary/aromatic N) is 2. The van der Waals surface area contributed by atoms with E-state index in [1.165, 1.54) is 12.1 Å². The maximum Gasteiger partial charge on any atom is 0.414 e. The summed E-state index contributed by atoms with van der Waals surface area (Å²) in [6, 6.07) is 8.30. The van der Waals surface area contributed by atoms with Crippen molar-refractivity contribution < 1.29 is 38.8 Å². The average molecular weight is 531 g/mol. The maximum atomic E-state index is 13.3. The molecular formula is C28H38N2O8. The zero-order chi connectivity index (χ0) is 27.2. The second-order valence-corrected chi connectivity index (χ2v) is 11.6. The van der Waals surface area contributed by atoms with Crippen LogP contribution < -0.4 is 9.64 Å². The SMILES string of the molecule is COc1ccc(N2CCN(CC3C(=O)O[C@@]45[C@H]3CC[C@@H](C)[C@@H]4CC[C@@]3(C)O[C@@H]53)CC2)cc1.O=C(O)C(=O)O. The normalized spacial score (nSPS) is 37.5. The third-order valence-electron chi connectivity index (χ3n) is 9.54. The quantitative estimate of drug-likeness (QED) is 0.340. The van der Waals surface area contributed by atoms with Crippen LogP contribution in [0.25, 0.3) is 0 Å². The van der Waals surface area contributed by atoms with Crippen LogP contribution >= 0.6 is 0 Å². The second-order valence-electron chi connectivity index (χ2n) is 11.6. The number of rotatable bonds is 4. The van der Waals surface area contributed by atoms with Gasteiger partial charge in [-0.05, 0) is 62.8 Å². The van der Waals surface area contributed by atoms with Gasteiger partial charge in [0.25, 0.3) is 0 Å². The molecule has 10 heteroatoms. The zero-order valence-electron chi connectivity index (χ0n) is 22.3. The summed E-state index contributed by atoms with van der Waals surface area (Å²) in [6.45, 7) is 9.32. The van der Waals surface area contributed by atoms with Crippen molar-refractivity contribution in [2.24, 2.45) is 23.7 Å². The Balaban J connectivity index is 0.000000443. The molecule has 5 fully saturated rings. The molecule has 2 N–H and O–H groups in total. The Hall–Kier alpha value is -2.85. The zero-order valence-corrected chi connectivity index (χ0v) is 22.3. The first-order valence-electron chi connectivity index (χ1n) is 13.6. The minimum absolute atomic E-state index is 0.0101. The predicted octanol–water partition coefficient (Wildman–Crippen LogP) is 2.50. The van der Waals surface area contributed by atoms with E-state index in [4.69, 9.17) is 34.0 Å². The van der Waals surface area contributed by atoms with Gasteiger partial charge in [0.1, 0.15) is 17.5 Å². The van der Waals surface area contributed by atoms with Gasteiger partial charge in [-0.15, -0.1) is 0 Å². The van der Waals surface area contributed by atoms with Crippen LogP contribution in [-0.2, 0) is 23.9 Å². The van der Waals surface area contributed by atoms with Crippen LogP contribution in [0.1, 0.15) is 39.5 Å². The summed E-state index contributed by atoms with van der Waals surface area (Å²) in [5.41, 5.74) is 0.809. The Morgan fingerprint density at radius 1 is 1.03 bits per heavy atom. The number of anilines is 1. The van der Waals surface area contributed by atoms with Crippen LogP contribution in [-0.4, -0.2) is 90.2 Å². The Morgan fingerprint density at radius 3 is 2.29 bits per heavy atom. The van der Waals surface area contributed by atoms with Crippen molar-refractivity contribution in [3.05, 3.63) is 24.3 Å². The van der Waals surface area contributed by atoms with Crippen molar-refractivity contribution in [3.63, 3.8) is 0 Å². The van der Waals surface area contributed by atoms with Gasteiger partial charge < -0.3 is 29.3 Å². The Labute approximate surface area is 222 Å². The molecule has 2 aliphatic carbocycles. The first-order valence-corrected chi connectivity index (χ1v) is 13.6. The standard InChI is InChI=1S/C26H36N2O4.C2H2O4/c1-17-4-9-22-20(23(29)31-26(22)21(17)10-11-25(2)24(26)32-25)16-27-12-14-28(15-13-27)18-5-7-19(30-3)8-6-18;3-1(4)2(5)6/h5-8,17,20-22,24H,4,9-16H2,1-3H3;(H,3,4)(H,5,6)/t17-,20?,21+,22+,24-,25-,26-;/m1./s1. The van der Waals surface area contributed by atoms with Gasteiger partial charge in [0.05, 0.1) is 18.6 Å².